The molecule has 0 radical (unpaired) electrons. The van der Waals surface area contributed by atoms with Gasteiger partial charge in [-0.2, -0.15) is 18.3 Å². The van der Waals surface area contributed by atoms with Crippen molar-refractivity contribution in [3.05, 3.63) is 94.5 Å². The molecule has 0 saturated heterocycles. The molecule has 178 valence electrons. The maximum absolute atomic E-state index is 13.4. The van der Waals surface area contributed by atoms with Crippen molar-refractivity contribution < 1.29 is 26.4 Å². The molecule has 0 bridgehead atoms. The highest BCUT2D eigenvalue weighted by molar-refractivity contribution is 7.92. The van der Waals surface area contributed by atoms with E-state index in [4.69, 9.17) is 11.6 Å². The van der Waals surface area contributed by atoms with Gasteiger partial charge in [-0.15, -0.1) is 0 Å². The number of aryl methyl sites for hydroxylation is 1. The molecule has 0 spiro atoms. The van der Waals surface area contributed by atoms with Crippen LogP contribution in [0.25, 0.3) is 0 Å². The Balaban J connectivity index is 1.93. The maximum atomic E-state index is 13.4. The SMILES string of the molecule is Cc1ccc(/C=N\NC(=O)CN(c2ccc(Cl)c(C(F)(F)F)c2)S(=O)(=O)c2ccccc2)cc1. The lowest BCUT2D eigenvalue weighted by Crippen LogP contribution is -2.39. The van der Waals surface area contributed by atoms with E-state index in [0.717, 1.165) is 17.7 Å². The van der Waals surface area contributed by atoms with Gasteiger partial charge in [0, 0.05) is 0 Å². The number of sulfonamides is 1. The fourth-order valence-corrected chi connectivity index (χ4v) is 4.58. The van der Waals surface area contributed by atoms with Crippen molar-refractivity contribution >= 4 is 39.4 Å². The van der Waals surface area contributed by atoms with E-state index in [1.165, 1.54) is 30.5 Å². The van der Waals surface area contributed by atoms with Crippen molar-refractivity contribution in [1.82, 2.24) is 5.43 Å². The first-order chi connectivity index (χ1) is 16.0. The number of nitrogens with one attached hydrogen (secondary N) is 1. The van der Waals surface area contributed by atoms with Crippen LogP contribution in [0.3, 0.4) is 0 Å². The monoisotopic (exact) mass is 509 g/mol. The zero-order valence-electron chi connectivity index (χ0n) is 17.8. The second-order valence-corrected chi connectivity index (χ2v) is 9.46. The molecule has 0 heterocycles. The van der Waals surface area contributed by atoms with E-state index >= 15 is 0 Å². The molecule has 3 aromatic rings. The Bertz CT molecular complexity index is 1300. The van der Waals surface area contributed by atoms with E-state index in [-0.39, 0.29) is 10.6 Å². The molecule has 11 heteroatoms. The summed E-state index contributed by atoms with van der Waals surface area (Å²) in [5.74, 6) is -0.855. The smallest absolute Gasteiger partial charge is 0.271 e. The van der Waals surface area contributed by atoms with E-state index in [1.54, 1.807) is 18.2 Å². The average molecular weight is 510 g/mol. The van der Waals surface area contributed by atoms with E-state index in [9.17, 15) is 26.4 Å². The van der Waals surface area contributed by atoms with Crippen molar-refractivity contribution in [1.29, 1.82) is 0 Å². The predicted molar refractivity (Wildman–Crippen MR) is 124 cm³/mol. The molecule has 0 fully saturated rings. The van der Waals surface area contributed by atoms with Gasteiger partial charge in [0.05, 0.1) is 27.4 Å². The zero-order chi connectivity index (χ0) is 24.9. The molecule has 0 aliphatic rings. The molecule has 0 aliphatic heterocycles. The molecule has 3 aromatic carbocycles. The number of hydrazone groups is 1. The molecule has 0 unspecified atom stereocenters. The Hall–Kier alpha value is -3.37. The summed E-state index contributed by atoms with van der Waals surface area (Å²) in [6.07, 6.45) is -3.46. The Morgan fingerprint density at radius 3 is 2.32 bits per heavy atom. The molecule has 3 rings (SSSR count). The number of carbonyl (C=O) groups excluding carboxylic acids is 1. The van der Waals surface area contributed by atoms with Crippen LogP contribution in [0, 0.1) is 6.92 Å². The second kappa shape index (κ2) is 10.3. The quantitative estimate of drug-likeness (QED) is 0.359. The van der Waals surface area contributed by atoms with Gasteiger partial charge >= 0.3 is 6.18 Å². The average Bonchev–Trinajstić information content (AvgIpc) is 2.79. The topological polar surface area (TPSA) is 78.8 Å². The van der Waals surface area contributed by atoms with E-state index in [2.05, 4.69) is 10.5 Å². The molecule has 0 saturated carbocycles. The number of rotatable bonds is 7. The summed E-state index contributed by atoms with van der Waals surface area (Å²) in [5.41, 5.74) is 2.32. The predicted octanol–water partition coefficient (Wildman–Crippen LogP) is 5.01. The van der Waals surface area contributed by atoms with Crippen molar-refractivity contribution in [2.45, 2.75) is 18.0 Å². The van der Waals surface area contributed by atoms with Crippen molar-refractivity contribution in [2.24, 2.45) is 5.10 Å². The first-order valence-electron chi connectivity index (χ1n) is 9.81. The van der Waals surface area contributed by atoms with Crippen LogP contribution < -0.4 is 9.73 Å². The lowest BCUT2D eigenvalue weighted by molar-refractivity contribution is -0.137. The van der Waals surface area contributed by atoms with Gasteiger partial charge in [0.1, 0.15) is 6.54 Å². The summed E-state index contributed by atoms with van der Waals surface area (Å²) in [6.45, 7) is 1.09. The minimum absolute atomic E-state index is 0.200. The van der Waals surface area contributed by atoms with Crippen LogP contribution in [-0.2, 0) is 21.0 Å². The Morgan fingerprint density at radius 1 is 1.06 bits per heavy atom. The summed E-state index contributed by atoms with van der Waals surface area (Å²) in [7, 11) is -4.40. The molecule has 0 aromatic heterocycles. The first-order valence-corrected chi connectivity index (χ1v) is 11.6. The standard InChI is InChI=1S/C23H19ClF3N3O3S/c1-16-7-9-17(10-8-16)14-28-29-22(31)15-30(34(32,33)19-5-3-2-4-6-19)18-11-12-21(24)20(13-18)23(25,26)27/h2-14H,15H2,1H3,(H,29,31)/b28-14-. The third-order valence-electron chi connectivity index (χ3n) is 4.64. The maximum Gasteiger partial charge on any atom is 0.417 e. The minimum Gasteiger partial charge on any atom is -0.271 e. The molecule has 1 N–H and O–H groups in total. The summed E-state index contributed by atoms with van der Waals surface area (Å²) in [4.78, 5) is 12.3. The summed E-state index contributed by atoms with van der Waals surface area (Å²) in [5, 5.41) is 3.20. The van der Waals surface area contributed by atoms with Gasteiger partial charge in [0.15, 0.2) is 0 Å². The molecule has 0 aliphatic carbocycles. The van der Waals surface area contributed by atoms with E-state index < -0.39 is 39.2 Å². The van der Waals surface area contributed by atoms with Crippen LogP contribution in [0.1, 0.15) is 16.7 Å². The molecule has 6 nitrogen and oxygen atoms in total. The van der Waals surface area contributed by atoms with Gasteiger partial charge in [-0.1, -0.05) is 59.6 Å². The minimum atomic E-state index is -4.82. The Morgan fingerprint density at radius 2 is 1.71 bits per heavy atom. The highest BCUT2D eigenvalue weighted by Crippen LogP contribution is 2.37. The highest BCUT2D eigenvalue weighted by Gasteiger charge is 2.35. The van der Waals surface area contributed by atoms with Gasteiger partial charge in [0.2, 0.25) is 0 Å². The number of anilines is 1. The fourth-order valence-electron chi connectivity index (χ4n) is 2.92. The highest BCUT2D eigenvalue weighted by atomic mass is 35.5. The van der Waals surface area contributed by atoms with Crippen LogP contribution in [0.15, 0.2) is 82.8 Å². The lowest BCUT2D eigenvalue weighted by Gasteiger charge is -2.24. The molecular weight excluding hydrogens is 491 g/mol. The van der Waals surface area contributed by atoms with Crippen molar-refractivity contribution in [3.8, 4) is 0 Å². The van der Waals surface area contributed by atoms with Gasteiger partial charge in [0.25, 0.3) is 15.9 Å². The summed E-state index contributed by atoms with van der Waals surface area (Å²) < 4.78 is 67.2. The first kappa shape index (κ1) is 25.3. The largest absolute Gasteiger partial charge is 0.417 e. The van der Waals surface area contributed by atoms with Gasteiger partial charge in [-0.25, -0.2) is 13.8 Å². The normalized spacial score (nSPS) is 12.0. The van der Waals surface area contributed by atoms with Gasteiger partial charge < -0.3 is 0 Å². The van der Waals surface area contributed by atoms with E-state index in [0.29, 0.717) is 15.9 Å². The molecule has 34 heavy (non-hydrogen) atoms. The number of benzene rings is 3. The number of carbonyl (C=O) groups is 1. The van der Waals surface area contributed by atoms with Crippen LogP contribution in [0.2, 0.25) is 5.02 Å². The van der Waals surface area contributed by atoms with Crippen LogP contribution in [-0.4, -0.2) is 27.1 Å². The number of nitrogens with zero attached hydrogens (tertiary/aromatic N) is 2. The number of hydrogen-bond acceptors (Lipinski definition) is 4. The second-order valence-electron chi connectivity index (χ2n) is 7.19. The number of hydrogen-bond donors (Lipinski definition) is 1. The molecule has 0 atom stereocenters. The molecular formula is C23H19ClF3N3O3S. The van der Waals surface area contributed by atoms with E-state index in [1.807, 2.05) is 19.1 Å². The number of alkyl halides is 3. The Labute approximate surface area is 199 Å². The van der Waals surface area contributed by atoms with Crippen LogP contribution >= 0.6 is 11.6 Å². The fraction of sp³-hybridized carbons (Fsp3) is 0.130. The number of halogens is 4. The lowest BCUT2D eigenvalue weighted by atomic mass is 10.2. The zero-order valence-corrected chi connectivity index (χ0v) is 19.3. The van der Waals surface area contributed by atoms with Crippen LogP contribution in [0.5, 0.6) is 0 Å². The van der Waals surface area contributed by atoms with Crippen molar-refractivity contribution in [2.75, 3.05) is 10.8 Å². The third kappa shape index (κ3) is 6.15. The summed E-state index contributed by atoms with van der Waals surface area (Å²) >= 11 is 5.67. The summed E-state index contributed by atoms with van der Waals surface area (Å²) in [6, 6.07) is 16.9. The van der Waals surface area contributed by atoms with Crippen molar-refractivity contribution in [3.63, 3.8) is 0 Å². The third-order valence-corrected chi connectivity index (χ3v) is 6.76. The Kier molecular flexibility index (Phi) is 7.63. The number of amides is 1. The molecule has 1 amide bonds. The van der Waals surface area contributed by atoms with Gasteiger partial charge in [-0.05, 0) is 42.8 Å². The van der Waals surface area contributed by atoms with Gasteiger partial charge in [-0.3, -0.25) is 9.10 Å². The van der Waals surface area contributed by atoms with Crippen LogP contribution in [0.4, 0.5) is 18.9 Å².